The first-order chi connectivity index (χ1) is 47.2. The molecular weight excluding hydrogens is 1500 g/mol. The van der Waals surface area contributed by atoms with Gasteiger partial charge in [-0.25, -0.2) is 44.4 Å². The van der Waals surface area contributed by atoms with E-state index in [4.69, 9.17) is 33.9 Å². The van der Waals surface area contributed by atoms with Crippen LogP contribution in [0.25, 0.3) is 22.2 Å². The van der Waals surface area contributed by atoms with Crippen LogP contribution in [0, 0.1) is 10.8 Å². The number of esters is 1. The molecule has 29 nitrogen and oxygen atoms in total. The number of hydrogen-bond acceptors (Lipinski definition) is 22. The van der Waals surface area contributed by atoms with Crippen LogP contribution in [0.15, 0.2) is 82.0 Å². The summed E-state index contributed by atoms with van der Waals surface area (Å²) in [7, 11) is -9.31. The van der Waals surface area contributed by atoms with Crippen LogP contribution in [0.3, 0.4) is 0 Å². The van der Waals surface area contributed by atoms with E-state index >= 15 is 0 Å². The van der Waals surface area contributed by atoms with Crippen LogP contribution in [0.2, 0.25) is 0 Å². The first-order valence-electron chi connectivity index (χ1n) is 34.3. The number of oxazole rings is 2. The molecule has 2 aliphatic carbocycles. The topological polar surface area (TPSA) is 336 Å². The molecule has 2 amide bonds. The van der Waals surface area contributed by atoms with Crippen molar-refractivity contribution in [1.29, 1.82) is 0 Å². The standard InChI is InChI=1S/C26H39N5O6S.C14H18BrN3O4S.C12H22N2O2.C8H5BrO2.C7H16N2O3S/c1-25(2,3)37-23(32)29-8-7-26(18-29)16-20(17-26)27-19-5-6-22-21(15-19)31(24(33)36-22)14-11-28-9-12-30(13-10-28)38(4,34)35;1-23(20,21)17-7-4-16(5-8-17)6-9-18-12-10-11(15)2-3-13(12)22-14(18)19;1-11(2,3)16-10(15)14-5-4-12(8-14)6-9(13)7-12;9-6-1-2-7-5(3-6)4-8(10)11-7;1-13(11,12)9-4-2-8(3-5-9)6-7-10/h5-6,15,20,27H,7-14,16-18H2,1-4H3;2-3,10H,4-9H2,1H3;9H,4-8,13H2,1-3H3;1-3H,4H2;10H,2-7H2,1H3. The number of carbonyl (C=O) groups is 3. The molecule has 34 heteroatoms. The van der Waals surface area contributed by atoms with Crippen LogP contribution in [-0.4, -0.2) is 268 Å². The van der Waals surface area contributed by atoms with Crippen LogP contribution in [0.5, 0.6) is 5.75 Å². The van der Waals surface area contributed by atoms with E-state index in [1.165, 1.54) is 31.7 Å². The summed E-state index contributed by atoms with van der Waals surface area (Å²) in [5.41, 5.74) is 9.94. The van der Waals surface area contributed by atoms with Gasteiger partial charge in [-0.3, -0.25) is 28.6 Å². The fourth-order valence-corrected chi connectivity index (χ4v) is 17.3. The van der Waals surface area contributed by atoms with Gasteiger partial charge in [0, 0.05) is 170 Å². The Labute approximate surface area is 608 Å². The Morgan fingerprint density at radius 2 is 0.970 bits per heavy atom. The number of nitrogens with one attached hydrogen (secondary N) is 1. The van der Waals surface area contributed by atoms with Gasteiger partial charge in [-0.2, -0.15) is 12.9 Å². The lowest BCUT2D eigenvalue weighted by molar-refractivity contribution is -0.131. The van der Waals surface area contributed by atoms with Gasteiger partial charge in [0.05, 0.1) is 42.8 Å². The van der Waals surface area contributed by atoms with Crippen molar-refractivity contribution in [3.8, 4) is 5.75 Å². The first kappa shape index (κ1) is 79.6. The van der Waals surface area contributed by atoms with E-state index in [0.717, 1.165) is 95.9 Å². The number of hydrogen-bond donors (Lipinski definition) is 3. The molecule has 8 aliphatic rings. The first-order valence-corrected chi connectivity index (χ1v) is 41.4. The van der Waals surface area contributed by atoms with Gasteiger partial charge in [0.15, 0.2) is 11.2 Å². The second kappa shape index (κ2) is 32.9. The average Bonchev–Trinajstić information content (AvgIpc) is 1.51. The van der Waals surface area contributed by atoms with Crippen molar-refractivity contribution >= 4 is 108 Å². The monoisotopic (exact) mass is 1600 g/mol. The number of aromatic nitrogens is 2. The molecule has 2 aromatic heterocycles. The number of aliphatic hydroxyl groups is 1. The minimum Gasteiger partial charge on any atom is -0.444 e. The number of likely N-dealkylation sites (tertiary alicyclic amines) is 2. The highest BCUT2D eigenvalue weighted by Gasteiger charge is 2.51. The molecular formula is C67H100Br2N12O17S3. The molecule has 101 heavy (non-hydrogen) atoms. The van der Waals surface area contributed by atoms with Gasteiger partial charge in [-0.1, -0.05) is 31.9 Å². The van der Waals surface area contributed by atoms with E-state index in [1.807, 2.05) is 93.8 Å². The van der Waals surface area contributed by atoms with Gasteiger partial charge >= 0.3 is 29.7 Å². The summed E-state index contributed by atoms with van der Waals surface area (Å²) in [5, 5.41) is 12.3. The maximum absolute atomic E-state index is 12.6. The van der Waals surface area contributed by atoms with Crippen LogP contribution in [0.1, 0.15) is 85.6 Å². The van der Waals surface area contributed by atoms with Crippen LogP contribution in [-0.2, 0) is 63.8 Å². The molecule has 7 fully saturated rings. The molecule has 8 heterocycles. The summed E-state index contributed by atoms with van der Waals surface area (Å²) in [5.74, 6) is -0.230. The Morgan fingerprint density at radius 3 is 1.40 bits per heavy atom. The third-order valence-electron chi connectivity index (χ3n) is 19.3. The summed E-state index contributed by atoms with van der Waals surface area (Å²) in [4.78, 5) is 69.7. The number of piperazine rings is 3. The minimum atomic E-state index is -3.17. The number of halogens is 2. The summed E-state index contributed by atoms with van der Waals surface area (Å²) in [6, 6.07) is 17.4. The molecule has 2 saturated carbocycles. The van der Waals surface area contributed by atoms with Crippen LogP contribution < -0.4 is 27.3 Å². The van der Waals surface area contributed by atoms with Gasteiger partial charge in [-0.15, -0.1) is 0 Å². The normalized spacial score (nSPS) is 23.3. The highest BCUT2D eigenvalue weighted by Crippen LogP contribution is 2.50. The summed E-state index contributed by atoms with van der Waals surface area (Å²) < 4.78 is 105. The lowest BCUT2D eigenvalue weighted by Gasteiger charge is -2.45. The lowest BCUT2D eigenvalue weighted by atomic mass is 9.65. The minimum absolute atomic E-state index is 0.138. The fraction of sp³-hybridized carbons (Fsp3) is 0.657. The molecule has 0 atom stereocenters. The molecule has 5 saturated heterocycles. The Hall–Kier alpha value is -5.50. The SMILES string of the molecule is CC(C)(C)OC(=O)N1CCC2(CC(N)C2)C1.CC(C)(C)OC(=O)N1CCC2(CC(Nc3ccc4oc(=O)n(CCN5CCN(S(C)(=O)=O)CC5)c4c3)C2)C1.CS(=O)(=O)N1CCN(CCO)CC1.CS(=O)(=O)N1CCN(CCn2c(=O)oc3ccc(Br)cc32)CC1.O=C1Cc2cc(Br)ccc2O1. The molecule has 4 N–H and O–H groups in total. The van der Waals surface area contributed by atoms with E-state index in [9.17, 15) is 49.2 Å². The van der Waals surface area contributed by atoms with Crippen LogP contribution in [0.4, 0.5) is 15.3 Å². The van der Waals surface area contributed by atoms with E-state index in [0.29, 0.717) is 152 Å². The quantitative estimate of drug-likeness (QED) is 0.0966. The lowest BCUT2D eigenvalue weighted by Crippen LogP contribution is -2.49. The number of β-amino-alcohol motifs (C(OH)–C–C–N with tert-alkyl or cyclic N) is 1. The van der Waals surface area contributed by atoms with Gasteiger partial charge in [0.2, 0.25) is 30.1 Å². The van der Waals surface area contributed by atoms with E-state index in [1.54, 1.807) is 21.3 Å². The van der Waals surface area contributed by atoms with Crippen molar-refractivity contribution in [3.05, 3.63) is 90.2 Å². The Kier molecular flexibility index (Phi) is 25.9. The highest BCUT2D eigenvalue weighted by atomic mass is 79.9. The van der Waals surface area contributed by atoms with Gasteiger partial charge < -0.3 is 49.0 Å². The highest BCUT2D eigenvalue weighted by molar-refractivity contribution is 9.10. The van der Waals surface area contributed by atoms with E-state index in [-0.39, 0.29) is 41.7 Å². The number of nitrogens with two attached hydrogens (primary N) is 1. The number of aliphatic hydroxyl groups excluding tert-OH is 1. The molecule has 0 radical (unpaired) electrons. The van der Waals surface area contributed by atoms with Gasteiger partial charge in [0.25, 0.3) is 0 Å². The molecule has 3 aromatic carbocycles. The van der Waals surface area contributed by atoms with Gasteiger partial charge in [-0.05, 0) is 145 Å². The van der Waals surface area contributed by atoms with Crippen LogP contribution >= 0.6 is 31.9 Å². The summed E-state index contributed by atoms with van der Waals surface area (Å²) in [6.07, 6.45) is 9.87. The number of sulfonamides is 3. The number of ether oxygens (including phenoxy) is 3. The number of nitrogens with zero attached hydrogens (tertiary/aromatic N) is 10. The van der Waals surface area contributed by atoms with Crippen molar-refractivity contribution in [2.75, 3.05) is 155 Å². The number of benzene rings is 3. The molecule has 0 bridgehead atoms. The van der Waals surface area contributed by atoms with Crippen molar-refractivity contribution in [2.24, 2.45) is 16.6 Å². The zero-order valence-corrected chi connectivity index (χ0v) is 65.0. The predicted octanol–water partition coefficient (Wildman–Crippen LogP) is 5.51. The Balaban J connectivity index is 0.000000160. The third-order valence-corrected chi connectivity index (χ3v) is 24.2. The van der Waals surface area contributed by atoms with E-state index in [2.05, 4.69) is 51.9 Å². The van der Waals surface area contributed by atoms with Crippen molar-refractivity contribution in [2.45, 2.75) is 123 Å². The maximum Gasteiger partial charge on any atom is 0.419 e. The second-order valence-electron chi connectivity index (χ2n) is 29.7. The summed E-state index contributed by atoms with van der Waals surface area (Å²) >= 11 is 6.72. The number of amides is 2. The maximum atomic E-state index is 12.6. The molecule has 2 spiro atoms. The average molecular weight is 1600 g/mol. The Bertz CT molecular complexity index is 4200. The van der Waals surface area contributed by atoms with Crippen molar-refractivity contribution in [1.82, 2.24) is 46.5 Å². The number of carbonyl (C=O) groups excluding carboxylic acids is 3. The number of anilines is 1. The third kappa shape index (κ3) is 22.3. The molecule has 0 unspecified atom stereocenters. The van der Waals surface area contributed by atoms with Crippen molar-refractivity contribution in [3.63, 3.8) is 0 Å². The zero-order chi connectivity index (χ0) is 73.6. The smallest absolute Gasteiger partial charge is 0.419 e. The predicted molar refractivity (Wildman–Crippen MR) is 391 cm³/mol. The van der Waals surface area contributed by atoms with E-state index < -0.39 is 41.3 Å². The molecule has 6 aliphatic heterocycles. The number of rotatable bonds is 13. The Morgan fingerprint density at radius 1 is 0.564 bits per heavy atom. The molecule has 5 aromatic rings. The summed E-state index contributed by atoms with van der Waals surface area (Å²) in [6.45, 7) is 24.6. The second-order valence-corrected chi connectivity index (χ2v) is 37.5. The number of fused-ring (bicyclic) bond motifs is 3. The van der Waals surface area contributed by atoms with Gasteiger partial charge in [0.1, 0.15) is 17.0 Å². The zero-order valence-electron chi connectivity index (χ0n) is 59.4. The largest absolute Gasteiger partial charge is 0.444 e. The molecule has 562 valence electrons. The molecule has 13 rings (SSSR count). The fourth-order valence-electron chi connectivity index (χ4n) is 14.1. The van der Waals surface area contributed by atoms with Crippen molar-refractivity contribution < 1.29 is 67.8 Å².